The maximum absolute atomic E-state index is 11.7. The molecule has 122 valence electrons. The van der Waals surface area contributed by atoms with E-state index in [4.69, 9.17) is 9.15 Å². The molecule has 1 heterocycles. The first-order valence-corrected chi connectivity index (χ1v) is 7.78. The molecule has 0 aliphatic heterocycles. The Labute approximate surface area is 135 Å². The van der Waals surface area contributed by atoms with Crippen molar-refractivity contribution >= 4 is 16.8 Å². The van der Waals surface area contributed by atoms with Crippen LogP contribution in [-0.4, -0.2) is 12.4 Å². The molecule has 0 fully saturated rings. The van der Waals surface area contributed by atoms with Crippen LogP contribution in [0.3, 0.4) is 0 Å². The summed E-state index contributed by atoms with van der Waals surface area (Å²) in [6, 6.07) is 8.54. The zero-order valence-electron chi connectivity index (χ0n) is 13.8. The van der Waals surface area contributed by atoms with Gasteiger partial charge in [0.1, 0.15) is 11.3 Å². The smallest absolute Gasteiger partial charge is 0.336 e. The van der Waals surface area contributed by atoms with Crippen molar-refractivity contribution in [2.75, 3.05) is 6.61 Å². The maximum Gasteiger partial charge on any atom is 0.336 e. The summed E-state index contributed by atoms with van der Waals surface area (Å²) >= 11 is 0. The number of allylic oxidation sites excluding steroid dienone is 2. The van der Waals surface area contributed by atoms with Crippen LogP contribution in [0.2, 0.25) is 0 Å². The molecule has 0 saturated carbocycles. The number of ether oxygens (including phenoxy) is 1. The van der Waals surface area contributed by atoms with E-state index in [0.717, 1.165) is 17.4 Å². The SMILES string of the molecule is CC(C)=CC(=O)C[C@H](C)CCOc1ccc2ccc(=O)oc2c1. The number of ketones is 1. The molecular formula is C19H22O4. The molecule has 0 aliphatic carbocycles. The molecule has 0 aliphatic rings. The normalized spacial score (nSPS) is 12.0. The summed E-state index contributed by atoms with van der Waals surface area (Å²) in [5.74, 6) is 1.08. The summed E-state index contributed by atoms with van der Waals surface area (Å²) in [5.41, 5.74) is 1.17. The van der Waals surface area contributed by atoms with Gasteiger partial charge >= 0.3 is 5.63 Å². The molecule has 23 heavy (non-hydrogen) atoms. The average molecular weight is 314 g/mol. The minimum absolute atomic E-state index is 0.157. The number of hydrogen-bond donors (Lipinski definition) is 0. The quantitative estimate of drug-likeness (QED) is 0.570. The van der Waals surface area contributed by atoms with Crippen LogP contribution < -0.4 is 10.4 Å². The number of hydrogen-bond acceptors (Lipinski definition) is 4. The van der Waals surface area contributed by atoms with Crippen molar-refractivity contribution in [3.8, 4) is 5.75 Å². The molecule has 2 rings (SSSR count). The van der Waals surface area contributed by atoms with E-state index in [1.54, 1.807) is 18.2 Å². The van der Waals surface area contributed by atoms with E-state index in [9.17, 15) is 9.59 Å². The number of carbonyl (C=O) groups is 1. The Kier molecular flexibility index (Phi) is 5.74. The summed E-state index contributed by atoms with van der Waals surface area (Å²) in [6.07, 6.45) is 3.00. The molecule has 1 aromatic heterocycles. The molecule has 0 spiro atoms. The average Bonchev–Trinajstić information content (AvgIpc) is 2.45. The maximum atomic E-state index is 11.7. The van der Waals surface area contributed by atoms with Gasteiger partial charge in [-0.25, -0.2) is 4.79 Å². The molecular weight excluding hydrogens is 292 g/mol. The number of carbonyl (C=O) groups excluding carboxylic acids is 1. The van der Waals surface area contributed by atoms with Crippen molar-refractivity contribution in [1.29, 1.82) is 0 Å². The van der Waals surface area contributed by atoms with Gasteiger partial charge in [-0.05, 0) is 50.5 Å². The molecule has 1 atom stereocenters. The van der Waals surface area contributed by atoms with Crippen LogP contribution in [0.5, 0.6) is 5.75 Å². The van der Waals surface area contributed by atoms with E-state index in [-0.39, 0.29) is 17.3 Å². The first-order chi connectivity index (χ1) is 10.9. The Morgan fingerprint density at radius 1 is 1.26 bits per heavy atom. The van der Waals surface area contributed by atoms with E-state index in [2.05, 4.69) is 0 Å². The lowest BCUT2D eigenvalue weighted by molar-refractivity contribution is -0.115. The predicted octanol–water partition coefficient (Wildman–Crippen LogP) is 4.12. The van der Waals surface area contributed by atoms with E-state index in [0.29, 0.717) is 24.4 Å². The highest BCUT2D eigenvalue weighted by Crippen LogP contribution is 2.20. The molecule has 0 N–H and O–H groups in total. The second-order valence-corrected chi connectivity index (χ2v) is 6.09. The van der Waals surface area contributed by atoms with Gasteiger partial charge in [0.05, 0.1) is 6.61 Å². The topological polar surface area (TPSA) is 56.5 Å². The number of fused-ring (bicyclic) bond motifs is 1. The Bertz CT molecular complexity index is 766. The summed E-state index contributed by atoms with van der Waals surface area (Å²) < 4.78 is 10.8. The molecule has 0 amide bonds. The fraction of sp³-hybridized carbons (Fsp3) is 0.368. The van der Waals surface area contributed by atoms with Crippen molar-refractivity contribution in [3.63, 3.8) is 0 Å². The highest BCUT2D eigenvalue weighted by Gasteiger charge is 2.08. The van der Waals surface area contributed by atoms with Gasteiger partial charge in [0.15, 0.2) is 5.78 Å². The Balaban J connectivity index is 1.87. The molecule has 0 bridgehead atoms. The van der Waals surface area contributed by atoms with Crippen molar-refractivity contribution in [3.05, 3.63) is 52.4 Å². The van der Waals surface area contributed by atoms with Crippen LogP contribution in [0.4, 0.5) is 0 Å². The minimum Gasteiger partial charge on any atom is -0.493 e. The Morgan fingerprint density at radius 2 is 2.00 bits per heavy atom. The lowest BCUT2D eigenvalue weighted by Crippen LogP contribution is -2.08. The third kappa shape index (κ3) is 5.40. The van der Waals surface area contributed by atoms with Crippen molar-refractivity contribution < 1.29 is 13.9 Å². The summed E-state index contributed by atoms with van der Waals surface area (Å²) in [4.78, 5) is 22.9. The standard InChI is InChI=1S/C19H22O4/c1-13(2)10-16(20)11-14(3)8-9-22-17-6-4-15-5-7-19(21)23-18(15)12-17/h4-7,10,12,14H,8-9,11H2,1-3H3/t14-/m1/s1. The summed E-state index contributed by atoms with van der Waals surface area (Å²) in [7, 11) is 0. The molecule has 0 unspecified atom stereocenters. The first kappa shape index (κ1) is 17.0. The predicted molar refractivity (Wildman–Crippen MR) is 90.8 cm³/mol. The molecule has 0 radical (unpaired) electrons. The second kappa shape index (κ2) is 7.77. The lowest BCUT2D eigenvalue weighted by atomic mass is 10.0. The molecule has 4 heteroatoms. The molecule has 2 aromatic rings. The fourth-order valence-corrected chi connectivity index (χ4v) is 2.34. The van der Waals surface area contributed by atoms with Gasteiger partial charge in [0, 0.05) is 23.9 Å². The van der Waals surface area contributed by atoms with Gasteiger partial charge in [-0.1, -0.05) is 12.5 Å². The largest absolute Gasteiger partial charge is 0.493 e. The van der Waals surface area contributed by atoms with E-state index in [1.807, 2.05) is 32.9 Å². The number of benzene rings is 1. The van der Waals surface area contributed by atoms with Gasteiger partial charge in [-0.15, -0.1) is 0 Å². The summed E-state index contributed by atoms with van der Waals surface area (Å²) in [5, 5.41) is 0.859. The van der Waals surface area contributed by atoms with Crippen molar-refractivity contribution in [1.82, 2.24) is 0 Å². The third-order valence-electron chi connectivity index (χ3n) is 3.47. The summed E-state index contributed by atoms with van der Waals surface area (Å²) in [6.45, 7) is 6.40. The first-order valence-electron chi connectivity index (χ1n) is 7.78. The van der Waals surface area contributed by atoms with Crippen molar-refractivity contribution in [2.45, 2.75) is 33.6 Å². The van der Waals surface area contributed by atoms with Crippen LogP contribution >= 0.6 is 0 Å². The van der Waals surface area contributed by atoms with Gasteiger partial charge < -0.3 is 9.15 Å². The third-order valence-corrected chi connectivity index (χ3v) is 3.47. The Morgan fingerprint density at radius 3 is 2.74 bits per heavy atom. The van der Waals surface area contributed by atoms with Crippen molar-refractivity contribution in [2.24, 2.45) is 5.92 Å². The highest BCUT2D eigenvalue weighted by molar-refractivity contribution is 5.90. The van der Waals surface area contributed by atoms with E-state index in [1.165, 1.54) is 6.07 Å². The Hall–Kier alpha value is -2.36. The van der Waals surface area contributed by atoms with Crippen LogP contribution in [0.1, 0.15) is 33.6 Å². The zero-order chi connectivity index (χ0) is 16.8. The highest BCUT2D eigenvalue weighted by atomic mass is 16.5. The lowest BCUT2D eigenvalue weighted by Gasteiger charge is -2.11. The zero-order valence-corrected chi connectivity index (χ0v) is 13.8. The molecule has 4 nitrogen and oxygen atoms in total. The van der Waals surface area contributed by atoms with Gasteiger partial charge in [0.25, 0.3) is 0 Å². The minimum atomic E-state index is -0.374. The van der Waals surface area contributed by atoms with Crippen LogP contribution in [0.15, 0.2) is 51.2 Å². The monoisotopic (exact) mass is 314 g/mol. The second-order valence-electron chi connectivity index (χ2n) is 6.09. The molecule has 1 aromatic carbocycles. The number of rotatable bonds is 7. The van der Waals surface area contributed by atoms with Crippen LogP contribution in [0, 0.1) is 5.92 Å². The van der Waals surface area contributed by atoms with E-state index < -0.39 is 0 Å². The fourth-order valence-electron chi connectivity index (χ4n) is 2.34. The van der Waals surface area contributed by atoms with Gasteiger partial charge in [-0.2, -0.15) is 0 Å². The van der Waals surface area contributed by atoms with Crippen LogP contribution in [0.25, 0.3) is 11.0 Å². The van der Waals surface area contributed by atoms with E-state index >= 15 is 0 Å². The van der Waals surface area contributed by atoms with Gasteiger partial charge in [-0.3, -0.25) is 4.79 Å². The van der Waals surface area contributed by atoms with Gasteiger partial charge in [0.2, 0.25) is 0 Å². The van der Waals surface area contributed by atoms with Crippen LogP contribution in [-0.2, 0) is 4.79 Å². The molecule has 0 saturated heterocycles.